The largest absolute Gasteiger partial charge is 0.548 e. The maximum atomic E-state index is 13.2. The zero-order valence-corrected chi connectivity index (χ0v) is 16.7. The molecule has 1 aromatic heterocycles. The Kier molecular flexibility index (Phi) is 4.93. The Morgan fingerprint density at radius 3 is 2.57 bits per heavy atom. The van der Waals surface area contributed by atoms with Gasteiger partial charge in [0.25, 0.3) is 11.8 Å². The summed E-state index contributed by atoms with van der Waals surface area (Å²) in [7, 11) is 0. The van der Waals surface area contributed by atoms with Crippen LogP contribution in [0.15, 0.2) is 60.3 Å². The highest BCUT2D eigenvalue weighted by Gasteiger charge is 2.35. The number of aliphatic carboxylic acids is 1. The second-order valence-electron chi connectivity index (χ2n) is 6.85. The molecule has 0 unspecified atom stereocenters. The molecule has 7 nitrogen and oxygen atoms in total. The first-order valence-corrected chi connectivity index (χ1v) is 9.52. The fourth-order valence-corrected chi connectivity index (χ4v) is 3.78. The number of amides is 2. The molecule has 8 heteroatoms. The SMILES string of the molecule is Cc1ccccc1N1C(=O)/C(=C/c2cn(CC(=O)[O-])c3ccccc23)C(=O)NC1=S. The molecule has 1 fully saturated rings. The van der Waals surface area contributed by atoms with Crippen LogP contribution in [0.2, 0.25) is 0 Å². The lowest BCUT2D eigenvalue weighted by molar-refractivity contribution is -0.306. The molecule has 2 amide bonds. The van der Waals surface area contributed by atoms with Gasteiger partial charge in [0.15, 0.2) is 5.11 Å². The molecular weight excluding hydrogens is 402 g/mol. The van der Waals surface area contributed by atoms with E-state index in [0.29, 0.717) is 22.2 Å². The third-order valence-corrected chi connectivity index (χ3v) is 5.16. The van der Waals surface area contributed by atoms with Crippen LogP contribution in [0.1, 0.15) is 11.1 Å². The summed E-state index contributed by atoms with van der Waals surface area (Å²) < 4.78 is 1.51. The number of hydrogen-bond donors (Lipinski definition) is 1. The highest BCUT2D eigenvalue weighted by atomic mass is 32.1. The molecule has 0 saturated carbocycles. The summed E-state index contributed by atoms with van der Waals surface area (Å²) in [5.74, 6) is -2.39. The summed E-state index contributed by atoms with van der Waals surface area (Å²) >= 11 is 5.24. The van der Waals surface area contributed by atoms with Crippen LogP contribution < -0.4 is 15.3 Å². The van der Waals surface area contributed by atoms with Crippen molar-refractivity contribution in [1.82, 2.24) is 9.88 Å². The second-order valence-corrected chi connectivity index (χ2v) is 7.23. The van der Waals surface area contributed by atoms with Gasteiger partial charge in [-0.1, -0.05) is 36.4 Å². The van der Waals surface area contributed by atoms with Gasteiger partial charge in [0.1, 0.15) is 5.57 Å². The molecule has 0 spiro atoms. The molecule has 150 valence electrons. The van der Waals surface area contributed by atoms with Crippen LogP contribution >= 0.6 is 12.2 Å². The van der Waals surface area contributed by atoms with Crippen molar-refractivity contribution in [1.29, 1.82) is 0 Å². The van der Waals surface area contributed by atoms with E-state index in [4.69, 9.17) is 12.2 Å². The quantitative estimate of drug-likeness (QED) is 0.394. The lowest BCUT2D eigenvalue weighted by Gasteiger charge is -2.29. The first-order valence-electron chi connectivity index (χ1n) is 9.11. The van der Waals surface area contributed by atoms with Gasteiger partial charge in [-0.2, -0.15) is 0 Å². The standard InChI is InChI=1S/C22H17N3O4S/c1-13-6-2-4-8-17(13)25-21(29)16(20(28)23-22(25)30)10-14-11-24(12-19(26)27)18-9-5-3-7-15(14)18/h2-11H,12H2,1H3,(H,26,27)(H,23,28,30)/p-1/b16-10+. The maximum Gasteiger partial charge on any atom is 0.270 e. The Balaban J connectivity index is 1.82. The van der Waals surface area contributed by atoms with Crippen molar-refractivity contribution < 1.29 is 19.5 Å². The number of nitrogens with zero attached hydrogens (tertiary/aromatic N) is 2. The Hall–Kier alpha value is -3.78. The molecule has 0 radical (unpaired) electrons. The smallest absolute Gasteiger partial charge is 0.270 e. The van der Waals surface area contributed by atoms with Gasteiger partial charge in [-0.25, -0.2) is 0 Å². The summed E-state index contributed by atoms with van der Waals surface area (Å²) in [6.45, 7) is 1.50. The molecule has 30 heavy (non-hydrogen) atoms. The molecular formula is C22H16N3O4S-. The molecule has 3 aromatic rings. The Morgan fingerprint density at radius 1 is 1.13 bits per heavy atom. The van der Waals surface area contributed by atoms with Crippen molar-refractivity contribution >= 4 is 57.8 Å². The third kappa shape index (κ3) is 3.37. The van der Waals surface area contributed by atoms with Crippen LogP contribution in [0.3, 0.4) is 0 Å². The predicted octanol–water partition coefficient (Wildman–Crippen LogP) is 1.53. The highest BCUT2D eigenvalue weighted by Crippen LogP contribution is 2.27. The number of rotatable bonds is 4. The lowest BCUT2D eigenvalue weighted by Crippen LogP contribution is -2.54. The molecule has 2 heterocycles. The summed E-state index contributed by atoms with van der Waals surface area (Å²) in [6, 6.07) is 14.4. The second kappa shape index (κ2) is 7.57. The Bertz CT molecular complexity index is 1260. The average Bonchev–Trinajstić information content (AvgIpc) is 3.03. The van der Waals surface area contributed by atoms with Gasteiger partial charge in [-0.15, -0.1) is 0 Å². The number of benzene rings is 2. The molecule has 0 atom stereocenters. The number of carbonyl (C=O) groups is 3. The fraction of sp³-hybridized carbons (Fsp3) is 0.0909. The number of carboxylic acids is 1. The van der Waals surface area contributed by atoms with Crippen LogP contribution in [0, 0.1) is 6.92 Å². The minimum atomic E-state index is -1.24. The topological polar surface area (TPSA) is 94.5 Å². The molecule has 0 bridgehead atoms. The van der Waals surface area contributed by atoms with E-state index < -0.39 is 17.8 Å². The molecule has 4 rings (SSSR count). The van der Waals surface area contributed by atoms with Gasteiger partial charge in [-0.3, -0.25) is 19.8 Å². The molecule has 1 aliphatic heterocycles. The summed E-state index contributed by atoms with van der Waals surface area (Å²) in [5.41, 5.74) is 2.52. The highest BCUT2D eigenvalue weighted by molar-refractivity contribution is 7.80. The van der Waals surface area contributed by atoms with Gasteiger partial charge in [0.05, 0.1) is 18.2 Å². The van der Waals surface area contributed by atoms with Crippen LogP contribution in [0.5, 0.6) is 0 Å². The van der Waals surface area contributed by atoms with Crippen molar-refractivity contribution in [3.05, 3.63) is 71.4 Å². The van der Waals surface area contributed by atoms with Crippen molar-refractivity contribution in [3.63, 3.8) is 0 Å². The number of nitrogens with one attached hydrogen (secondary N) is 1. The van der Waals surface area contributed by atoms with Crippen LogP contribution in [0.4, 0.5) is 5.69 Å². The van der Waals surface area contributed by atoms with Crippen molar-refractivity contribution in [2.75, 3.05) is 4.90 Å². The third-order valence-electron chi connectivity index (χ3n) is 4.88. The van der Waals surface area contributed by atoms with E-state index in [0.717, 1.165) is 5.56 Å². The van der Waals surface area contributed by atoms with E-state index in [1.165, 1.54) is 15.5 Å². The summed E-state index contributed by atoms with van der Waals surface area (Å²) in [6.07, 6.45) is 3.04. The zero-order chi connectivity index (χ0) is 21.4. The predicted molar refractivity (Wildman–Crippen MR) is 114 cm³/mol. The molecule has 1 saturated heterocycles. The minimum absolute atomic E-state index is 0.0100. The van der Waals surface area contributed by atoms with Gasteiger partial charge in [-0.05, 0) is 42.9 Å². The zero-order valence-electron chi connectivity index (χ0n) is 15.9. The molecule has 2 aromatic carbocycles. The number of thiocarbonyl (C=S) groups is 1. The van der Waals surface area contributed by atoms with E-state index in [2.05, 4.69) is 5.32 Å². The van der Waals surface area contributed by atoms with Gasteiger partial charge in [0.2, 0.25) is 0 Å². The van der Waals surface area contributed by atoms with Crippen LogP contribution in [-0.2, 0) is 20.9 Å². The molecule has 1 aliphatic rings. The van der Waals surface area contributed by atoms with E-state index in [-0.39, 0.29) is 17.2 Å². The molecule has 0 aliphatic carbocycles. The first kappa shape index (κ1) is 19.5. The van der Waals surface area contributed by atoms with Gasteiger partial charge in [0, 0.05) is 22.7 Å². The lowest BCUT2D eigenvalue weighted by atomic mass is 10.1. The van der Waals surface area contributed by atoms with Gasteiger partial charge < -0.3 is 14.5 Å². The number of para-hydroxylation sites is 2. The van der Waals surface area contributed by atoms with E-state index in [9.17, 15) is 19.5 Å². The summed E-state index contributed by atoms with van der Waals surface area (Å²) in [4.78, 5) is 38.2. The maximum absolute atomic E-state index is 13.2. The number of fused-ring (bicyclic) bond motifs is 1. The number of carbonyl (C=O) groups excluding carboxylic acids is 3. The Labute approximate surface area is 177 Å². The van der Waals surface area contributed by atoms with E-state index in [1.54, 1.807) is 42.6 Å². The van der Waals surface area contributed by atoms with E-state index >= 15 is 0 Å². The number of carboxylic acid groups (broad SMARTS) is 1. The van der Waals surface area contributed by atoms with Crippen molar-refractivity contribution in [2.24, 2.45) is 0 Å². The van der Waals surface area contributed by atoms with Crippen LogP contribution in [0.25, 0.3) is 17.0 Å². The fourth-order valence-electron chi connectivity index (χ4n) is 3.51. The van der Waals surface area contributed by atoms with E-state index in [1.807, 2.05) is 19.1 Å². The Morgan fingerprint density at radius 2 is 1.83 bits per heavy atom. The van der Waals surface area contributed by atoms with Crippen LogP contribution in [-0.4, -0.2) is 27.5 Å². The first-order chi connectivity index (χ1) is 14.4. The molecule has 1 N–H and O–H groups in total. The average molecular weight is 418 g/mol. The monoisotopic (exact) mass is 418 g/mol. The minimum Gasteiger partial charge on any atom is -0.548 e. The van der Waals surface area contributed by atoms with Crippen molar-refractivity contribution in [2.45, 2.75) is 13.5 Å². The number of hydrogen-bond acceptors (Lipinski definition) is 5. The number of aromatic nitrogens is 1. The normalized spacial score (nSPS) is 15.7. The van der Waals surface area contributed by atoms with Crippen molar-refractivity contribution in [3.8, 4) is 0 Å². The van der Waals surface area contributed by atoms with Gasteiger partial charge >= 0.3 is 0 Å². The summed E-state index contributed by atoms with van der Waals surface area (Å²) in [5, 5.41) is 14.4. The number of anilines is 1. The number of aryl methyl sites for hydroxylation is 1.